The van der Waals surface area contributed by atoms with Crippen LogP contribution in [0.1, 0.15) is 24.0 Å². The third kappa shape index (κ3) is 3.55. The van der Waals surface area contributed by atoms with Crippen LogP contribution in [0.5, 0.6) is 0 Å². The molecule has 2 fully saturated rings. The number of hydrogen-bond acceptors (Lipinski definition) is 2. The molecule has 2 aliphatic rings. The zero-order chi connectivity index (χ0) is 15.5. The normalized spacial score (nSPS) is 24.7. The van der Waals surface area contributed by atoms with Crippen LogP contribution >= 0.6 is 11.6 Å². The Kier molecular flexibility index (Phi) is 4.89. The van der Waals surface area contributed by atoms with E-state index in [9.17, 15) is 4.79 Å². The van der Waals surface area contributed by atoms with Gasteiger partial charge in [-0.15, -0.1) is 0 Å². The Morgan fingerprint density at radius 1 is 1.41 bits per heavy atom. The highest BCUT2D eigenvalue weighted by molar-refractivity contribution is 6.30. The molecule has 2 amide bonds. The quantitative estimate of drug-likeness (QED) is 0.928. The van der Waals surface area contributed by atoms with Crippen LogP contribution in [-0.4, -0.2) is 37.2 Å². The number of aryl methyl sites for hydroxylation is 1. The maximum Gasteiger partial charge on any atom is 0.317 e. The number of carbonyl (C=O) groups is 1. The van der Waals surface area contributed by atoms with Gasteiger partial charge in [0.05, 0.1) is 0 Å². The predicted octanol–water partition coefficient (Wildman–Crippen LogP) is 3.22. The van der Waals surface area contributed by atoms with Gasteiger partial charge >= 0.3 is 6.03 Å². The van der Waals surface area contributed by atoms with Crippen molar-refractivity contribution in [3.8, 4) is 0 Å². The maximum atomic E-state index is 12.3. The third-order valence-electron chi connectivity index (χ3n) is 4.88. The number of rotatable bonds is 3. The van der Waals surface area contributed by atoms with Gasteiger partial charge in [-0.25, -0.2) is 4.79 Å². The number of likely N-dealkylation sites (tertiary alicyclic amines) is 1. The lowest BCUT2D eigenvalue weighted by Crippen LogP contribution is -2.38. The summed E-state index contributed by atoms with van der Waals surface area (Å²) in [5.74, 6) is 1.23. The minimum Gasteiger partial charge on any atom is -0.381 e. The Morgan fingerprint density at radius 2 is 2.27 bits per heavy atom. The van der Waals surface area contributed by atoms with E-state index >= 15 is 0 Å². The lowest BCUT2D eigenvalue weighted by Gasteiger charge is -2.20. The molecular weight excluding hydrogens is 300 g/mol. The van der Waals surface area contributed by atoms with E-state index < -0.39 is 0 Å². The Balaban J connectivity index is 1.51. The standard InChI is InChI=1S/C17H23ClN2O2/c1-12-2-3-16(18)8-15(12)9-19-17(21)20-6-4-13(10-20)14-5-7-22-11-14/h2-3,8,13-14H,4-7,9-11H2,1H3,(H,19,21)/t13-,14+/m1/s1. The van der Waals surface area contributed by atoms with Crippen LogP contribution in [0.25, 0.3) is 0 Å². The van der Waals surface area contributed by atoms with Crippen molar-refractivity contribution in [1.82, 2.24) is 10.2 Å². The number of ether oxygens (including phenoxy) is 1. The molecular formula is C17H23ClN2O2. The number of nitrogens with one attached hydrogen (secondary N) is 1. The predicted molar refractivity (Wildman–Crippen MR) is 87.0 cm³/mol. The fourth-order valence-corrected chi connectivity index (χ4v) is 3.59. The number of amides is 2. The van der Waals surface area contributed by atoms with Crippen LogP contribution in [-0.2, 0) is 11.3 Å². The summed E-state index contributed by atoms with van der Waals surface area (Å²) < 4.78 is 5.46. The number of nitrogens with zero attached hydrogens (tertiary/aromatic N) is 1. The SMILES string of the molecule is Cc1ccc(Cl)cc1CNC(=O)N1CC[C@@H]([C@H]2CCOC2)C1. The summed E-state index contributed by atoms with van der Waals surface area (Å²) in [6, 6.07) is 5.80. The number of benzene rings is 1. The molecule has 0 aromatic heterocycles. The molecule has 2 heterocycles. The monoisotopic (exact) mass is 322 g/mol. The van der Waals surface area contributed by atoms with Crippen LogP contribution in [0.3, 0.4) is 0 Å². The van der Waals surface area contributed by atoms with Gasteiger partial charge in [-0.3, -0.25) is 0 Å². The first-order valence-corrected chi connectivity index (χ1v) is 8.37. The minimum atomic E-state index is 0.0285. The van der Waals surface area contributed by atoms with Crippen LogP contribution in [0.4, 0.5) is 4.79 Å². The molecule has 2 aliphatic heterocycles. The molecule has 1 N–H and O–H groups in total. The van der Waals surface area contributed by atoms with E-state index in [0.29, 0.717) is 23.4 Å². The molecule has 120 valence electrons. The zero-order valence-electron chi connectivity index (χ0n) is 13.0. The van der Waals surface area contributed by atoms with E-state index in [4.69, 9.17) is 16.3 Å². The van der Waals surface area contributed by atoms with Gasteiger partial charge in [0.25, 0.3) is 0 Å². The van der Waals surface area contributed by atoms with Crippen molar-refractivity contribution in [2.75, 3.05) is 26.3 Å². The van der Waals surface area contributed by atoms with Crippen LogP contribution in [0, 0.1) is 18.8 Å². The van der Waals surface area contributed by atoms with Crippen molar-refractivity contribution in [2.24, 2.45) is 11.8 Å². The number of carbonyl (C=O) groups excluding carboxylic acids is 1. The Bertz CT molecular complexity index is 543. The highest BCUT2D eigenvalue weighted by Gasteiger charge is 2.33. The molecule has 1 aromatic rings. The average molecular weight is 323 g/mol. The summed E-state index contributed by atoms with van der Waals surface area (Å²) in [5.41, 5.74) is 2.22. The summed E-state index contributed by atoms with van der Waals surface area (Å²) in [7, 11) is 0. The fraction of sp³-hybridized carbons (Fsp3) is 0.588. The second-order valence-corrected chi connectivity index (χ2v) is 6.78. The summed E-state index contributed by atoms with van der Waals surface area (Å²) in [6.07, 6.45) is 2.24. The van der Waals surface area contributed by atoms with Crippen molar-refractivity contribution in [2.45, 2.75) is 26.3 Å². The van der Waals surface area contributed by atoms with Gasteiger partial charge in [0.15, 0.2) is 0 Å². The second kappa shape index (κ2) is 6.88. The Hall–Kier alpha value is -1.26. The molecule has 4 nitrogen and oxygen atoms in total. The van der Waals surface area contributed by atoms with Gasteiger partial charge < -0.3 is 15.0 Å². The van der Waals surface area contributed by atoms with E-state index in [0.717, 1.165) is 50.3 Å². The molecule has 0 bridgehead atoms. The highest BCUT2D eigenvalue weighted by Crippen LogP contribution is 2.29. The van der Waals surface area contributed by atoms with Gasteiger partial charge in [0, 0.05) is 37.9 Å². The zero-order valence-corrected chi connectivity index (χ0v) is 13.7. The molecule has 5 heteroatoms. The largest absolute Gasteiger partial charge is 0.381 e. The van der Waals surface area contributed by atoms with Crippen molar-refractivity contribution in [3.05, 3.63) is 34.3 Å². The lowest BCUT2D eigenvalue weighted by atomic mass is 9.91. The van der Waals surface area contributed by atoms with E-state index in [1.807, 2.05) is 30.0 Å². The summed E-state index contributed by atoms with van der Waals surface area (Å²) in [5, 5.41) is 3.72. The summed E-state index contributed by atoms with van der Waals surface area (Å²) in [6.45, 7) is 6.00. The van der Waals surface area contributed by atoms with Crippen molar-refractivity contribution in [3.63, 3.8) is 0 Å². The van der Waals surface area contributed by atoms with Crippen LogP contribution < -0.4 is 5.32 Å². The van der Waals surface area contributed by atoms with E-state index in [1.165, 1.54) is 0 Å². The first-order valence-electron chi connectivity index (χ1n) is 7.99. The molecule has 0 spiro atoms. The fourth-order valence-electron chi connectivity index (χ4n) is 3.39. The molecule has 22 heavy (non-hydrogen) atoms. The molecule has 2 saturated heterocycles. The van der Waals surface area contributed by atoms with Crippen LogP contribution in [0.2, 0.25) is 5.02 Å². The molecule has 0 saturated carbocycles. The van der Waals surface area contributed by atoms with E-state index in [-0.39, 0.29) is 6.03 Å². The number of hydrogen-bond donors (Lipinski definition) is 1. The number of halogens is 1. The van der Waals surface area contributed by atoms with Crippen molar-refractivity contribution < 1.29 is 9.53 Å². The average Bonchev–Trinajstić information content (AvgIpc) is 3.18. The summed E-state index contributed by atoms with van der Waals surface area (Å²) >= 11 is 6.02. The van der Waals surface area contributed by atoms with Crippen LogP contribution in [0.15, 0.2) is 18.2 Å². The first-order chi connectivity index (χ1) is 10.6. The molecule has 0 aliphatic carbocycles. The number of urea groups is 1. The lowest BCUT2D eigenvalue weighted by molar-refractivity contribution is 0.170. The van der Waals surface area contributed by atoms with Gasteiger partial charge in [0.2, 0.25) is 0 Å². The first kappa shape index (κ1) is 15.6. The molecule has 0 radical (unpaired) electrons. The molecule has 2 atom stereocenters. The topological polar surface area (TPSA) is 41.6 Å². The van der Waals surface area contributed by atoms with Gasteiger partial charge in [0.1, 0.15) is 0 Å². The smallest absolute Gasteiger partial charge is 0.317 e. The Morgan fingerprint density at radius 3 is 3.05 bits per heavy atom. The maximum absolute atomic E-state index is 12.3. The summed E-state index contributed by atoms with van der Waals surface area (Å²) in [4.78, 5) is 14.3. The molecule has 1 aromatic carbocycles. The van der Waals surface area contributed by atoms with E-state index in [2.05, 4.69) is 5.32 Å². The molecule has 0 unspecified atom stereocenters. The molecule has 3 rings (SSSR count). The third-order valence-corrected chi connectivity index (χ3v) is 5.12. The highest BCUT2D eigenvalue weighted by atomic mass is 35.5. The van der Waals surface area contributed by atoms with Gasteiger partial charge in [-0.05, 0) is 54.9 Å². The van der Waals surface area contributed by atoms with E-state index in [1.54, 1.807) is 0 Å². The van der Waals surface area contributed by atoms with Crippen molar-refractivity contribution in [1.29, 1.82) is 0 Å². The van der Waals surface area contributed by atoms with Gasteiger partial charge in [-0.1, -0.05) is 17.7 Å². The minimum absolute atomic E-state index is 0.0285. The van der Waals surface area contributed by atoms with Crippen molar-refractivity contribution >= 4 is 17.6 Å². The van der Waals surface area contributed by atoms with Gasteiger partial charge in [-0.2, -0.15) is 0 Å². The Labute approximate surface area is 136 Å². The second-order valence-electron chi connectivity index (χ2n) is 6.35.